The van der Waals surface area contributed by atoms with Gasteiger partial charge in [0.2, 0.25) is 5.91 Å². The number of rotatable bonds is 7. The number of anilines is 1. The summed E-state index contributed by atoms with van der Waals surface area (Å²) in [5.74, 6) is -0.163. The average Bonchev–Trinajstić information content (AvgIpc) is 2.73. The molecule has 148 valence electrons. The lowest BCUT2D eigenvalue weighted by atomic mass is 10.1. The van der Waals surface area contributed by atoms with E-state index in [1.807, 2.05) is 61.5 Å². The van der Waals surface area contributed by atoms with Crippen LogP contribution in [0.4, 0.5) is 5.69 Å². The molecule has 0 atom stereocenters. The molecular weight excluding hydrogens is 384 g/mol. The second-order valence-corrected chi connectivity index (χ2v) is 7.12. The summed E-state index contributed by atoms with van der Waals surface area (Å²) in [5.41, 5.74) is 3.18. The van der Waals surface area contributed by atoms with E-state index in [4.69, 9.17) is 11.6 Å². The second kappa shape index (κ2) is 9.89. The predicted octanol–water partition coefficient (Wildman–Crippen LogP) is 4.87. The zero-order valence-electron chi connectivity index (χ0n) is 16.3. The fourth-order valence-electron chi connectivity index (χ4n) is 3.07. The molecule has 29 heavy (non-hydrogen) atoms. The van der Waals surface area contributed by atoms with Crippen LogP contribution in [0, 0.1) is 0 Å². The number of likely N-dealkylation sites (N-methyl/N-ethyl adjacent to an activating group) is 1. The zero-order chi connectivity index (χ0) is 20.6. The van der Waals surface area contributed by atoms with Crippen LogP contribution in [0.5, 0.6) is 0 Å². The molecule has 0 saturated heterocycles. The molecule has 4 nitrogen and oxygen atoms in total. The molecule has 3 rings (SSSR count). The normalized spacial score (nSPS) is 10.4. The van der Waals surface area contributed by atoms with E-state index in [-0.39, 0.29) is 18.2 Å². The Hall–Kier alpha value is -3.11. The van der Waals surface area contributed by atoms with Crippen molar-refractivity contribution >= 4 is 29.1 Å². The Labute approximate surface area is 176 Å². The van der Waals surface area contributed by atoms with E-state index in [9.17, 15) is 9.59 Å². The van der Waals surface area contributed by atoms with Crippen molar-refractivity contribution in [2.45, 2.75) is 19.9 Å². The molecule has 2 amide bonds. The van der Waals surface area contributed by atoms with Crippen molar-refractivity contribution in [3.05, 3.63) is 101 Å². The maximum absolute atomic E-state index is 13.3. The minimum Gasteiger partial charge on any atom is -0.356 e. The molecule has 0 bridgehead atoms. The lowest BCUT2D eigenvalue weighted by molar-refractivity contribution is -0.120. The molecule has 0 spiro atoms. The van der Waals surface area contributed by atoms with E-state index in [0.717, 1.165) is 16.8 Å². The Morgan fingerprint density at radius 2 is 1.59 bits per heavy atom. The monoisotopic (exact) mass is 406 g/mol. The average molecular weight is 407 g/mol. The van der Waals surface area contributed by atoms with Crippen LogP contribution in [0.25, 0.3) is 0 Å². The smallest absolute Gasteiger partial charge is 0.258 e. The Kier molecular flexibility index (Phi) is 7.04. The number of amides is 2. The highest BCUT2D eigenvalue weighted by Gasteiger charge is 2.19. The Bertz CT molecular complexity index is 972. The van der Waals surface area contributed by atoms with Crippen molar-refractivity contribution in [2.75, 3.05) is 11.4 Å². The molecule has 0 fully saturated rings. The van der Waals surface area contributed by atoms with Gasteiger partial charge in [0.15, 0.2) is 0 Å². The number of halogens is 1. The van der Waals surface area contributed by atoms with Crippen LogP contribution in [0.1, 0.15) is 28.4 Å². The molecule has 3 aromatic carbocycles. The fourth-order valence-corrected chi connectivity index (χ4v) is 3.20. The highest BCUT2D eigenvalue weighted by Crippen LogP contribution is 2.23. The zero-order valence-corrected chi connectivity index (χ0v) is 17.0. The summed E-state index contributed by atoms with van der Waals surface area (Å²) in [4.78, 5) is 27.0. The first kappa shape index (κ1) is 20.6. The van der Waals surface area contributed by atoms with Gasteiger partial charge in [-0.15, -0.1) is 0 Å². The van der Waals surface area contributed by atoms with Gasteiger partial charge in [-0.05, 0) is 54.4 Å². The fraction of sp³-hybridized carbons (Fsp3) is 0.167. The minimum atomic E-state index is -0.124. The summed E-state index contributed by atoms with van der Waals surface area (Å²) in [6.07, 6.45) is 0.274. The molecule has 0 heterocycles. The van der Waals surface area contributed by atoms with E-state index in [1.54, 1.807) is 29.2 Å². The topological polar surface area (TPSA) is 49.4 Å². The van der Waals surface area contributed by atoms with Crippen LogP contribution in [0.3, 0.4) is 0 Å². The molecule has 0 aromatic heterocycles. The SMILES string of the molecule is CCNC(=O)Cc1cccc(N(Cc2ccccc2)C(=O)c2ccc(Cl)cc2)c1. The number of carbonyl (C=O) groups excluding carboxylic acids is 2. The highest BCUT2D eigenvalue weighted by molar-refractivity contribution is 6.30. The van der Waals surface area contributed by atoms with Gasteiger partial charge < -0.3 is 10.2 Å². The Morgan fingerprint density at radius 3 is 2.28 bits per heavy atom. The molecule has 0 aliphatic heterocycles. The van der Waals surface area contributed by atoms with Gasteiger partial charge in [0.05, 0.1) is 13.0 Å². The molecule has 3 aromatic rings. The van der Waals surface area contributed by atoms with Crippen LogP contribution in [-0.4, -0.2) is 18.4 Å². The molecular formula is C24H23ClN2O2. The third kappa shape index (κ3) is 5.69. The molecule has 0 unspecified atom stereocenters. The highest BCUT2D eigenvalue weighted by atomic mass is 35.5. The molecule has 0 aliphatic rings. The van der Waals surface area contributed by atoms with E-state index in [1.165, 1.54) is 0 Å². The maximum atomic E-state index is 13.3. The van der Waals surface area contributed by atoms with Crippen molar-refractivity contribution in [3.63, 3.8) is 0 Å². The van der Waals surface area contributed by atoms with Gasteiger partial charge in [-0.1, -0.05) is 54.1 Å². The van der Waals surface area contributed by atoms with Crippen molar-refractivity contribution in [1.29, 1.82) is 0 Å². The number of carbonyl (C=O) groups is 2. The standard InChI is InChI=1S/C24H23ClN2O2/c1-2-26-23(28)16-19-9-6-10-22(15-19)27(17-18-7-4-3-5-8-18)24(29)20-11-13-21(25)14-12-20/h3-15H,2,16-17H2,1H3,(H,26,28). The number of hydrogen-bond donors (Lipinski definition) is 1. The summed E-state index contributed by atoms with van der Waals surface area (Å²) < 4.78 is 0. The van der Waals surface area contributed by atoms with Gasteiger partial charge in [-0.2, -0.15) is 0 Å². The summed E-state index contributed by atoms with van der Waals surface area (Å²) in [6.45, 7) is 2.90. The largest absolute Gasteiger partial charge is 0.356 e. The summed E-state index contributed by atoms with van der Waals surface area (Å²) >= 11 is 5.97. The van der Waals surface area contributed by atoms with E-state index < -0.39 is 0 Å². The molecule has 1 N–H and O–H groups in total. The Morgan fingerprint density at radius 1 is 0.897 bits per heavy atom. The predicted molar refractivity (Wildman–Crippen MR) is 117 cm³/mol. The first-order chi connectivity index (χ1) is 14.1. The number of benzene rings is 3. The first-order valence-electron chi connectivity index (χ1n) is 9.54. The molecule has 0 aliphatic carbocycles. The van der Waals surface area contributed by atoms with Crippen LogP contribution in [0.15, 0.2) is 78.9 Å². The van der Waals surface area contributed by atoms with Gasteiger partial charge in [0, 0.05) is 22.8 Å². The molecule has 0 radical (unpaired) electrons. The van der Waals surface area contributed by atoms with Crippen molar-refractivity contribution in [2.24, 2.45) is 0 Å². The summed E-state index contributed by atoms with van der Waals surface area (Å²) in [7, 11) is 0. The third-order valence-corrected chi connectivity index (χ3v) is 4.73. The maximum Gasteiger partial charge on any atom is 0.258 e. The van der Waals surface area contributed by atoms with Crippen LogP contribution >= 0.6 is 11.6 Å². The van der Waals surface area contributed by atoms with Crippen molar-refractivity contribution in [3.8, 4) is 0 Å². The first-order valence-corrected chi connectivity index (χ1v) is 9.91. The van der Waals surface area contributed by atoms with E-state index in [2.05, 4.69) is 5.32 Å². The third-order valence-electron chi connectivity index (χ3n) is 4.48. The summed E-state index contributed by atoms with van der Waals surface area (Å²) in [5, 5.41) is 3.39. The quantitative estimate of drug-likeness (QED) is 0.608. The minimum absolute atomic E-state index is 0.0386. The summed E-state index contributed by atoms with van der Waals surface area (Å²) in [6, 6.07) is 24.2. The van der Waals surface area contributed by atoms with Gasteiger partial charge in [0.1, 0.15) is 0 Å². The second-order valence-electron chi connectivity index (χ2n) is 6.68. The lowest BCUT2D eigenvalue weighted by Gasteiger charge is -2.24. The van der Waals surface area contributed by atoms with Crippen LogP contribution in [-0.2, 0) is 17.8 Å². The van der Waals surface area contributed by atoms with E-state index >= 15 is 0 Å². The van der Waals surface area contributed by atoms with Gasteiger partial charge in [0.25, 0.3) is 5.91 Å². The number of nitrogens with zero attached hydrogens (tertiary/aromatic N) is 1. The van der Waals surface area contributed by atoms with Gasteiger partial charge in [-0.25, -0.2) is 0 Å². The Balaban J connectivity index is 1.93. The van der Waals surface area contributed by atoms with Crippen molar-refractivity contribution < 1.29 is 9.59 Å². The van der Waals surface area contributed by atoms with Crippen molar-refractivity contribution in [1.82, 2.24) is 5.32 Å². The van der Waals surface area contributed by atoms with E-state index in [0.29, 0.717) is 23.7 Å². The number of nitrogens with one attached hydrogen (secondary N) is 1. The van der Waals surface area contributed by atoms with Crippen LogP contribution in [0.2, 0.25) is 5.02 Å². The molecule has 5 heteroatoms. The van der Waals surface area contributed by atoms with Gasteiger partial charge >= 0.3 is 0 Å². The van der Waals surface area contributed by atoms with Gasteiger partial charge in [-0.3, -0.25) is 9.59 Å². The molecule has 0 saturated carbocycles. The number of hydrogen-bond acceptors (Lipinski definition) is 2. The lowest BCUT2D eigenvalue weighted by Crippen LogP contribution is -2.30. The van der Waals surface area contributed by atoms with Crippen LogP contribution < -0.4 is 10.2 Å².